The van der Waals surface area contributed by atoms with Crippen molar-refractivity contribution in [3.63, 3.8) is 0 Å². The number of carbonyl (C=O) groups excluding carboxylic acids is 1. The SMILES string of the molecule is COCCOCCCNCC(=O)N1CCN(C)CC1. The third kappa shape index (κ3) is 7.47. The van der Waals surface area contributed by atoms with Gasteiger partial charge in [0.05, 0.1) is 19.8 Å². The molecule has 0 bridgehead atoms. The van der Waals surface area contributed by atoms with Crippen molar-refractivity contribution in [2.45, 2.75) is 6.42 Å². The van der Waals surface area contributed by atoms with E-state index in [0.717, 1.165) is 39.1 Å². The van der Waals surface area contributed by atoms with Crippen molar-refractivity contribution < 1.29 is 14.3 Å². The van der Waals surface area contributed by atoms with Crippen LogP contribution in [-0.2, 0) is 14.3 Å². The first-order valence-corrected chi connectivity index (χ1v) is 6.97. The number of hydrogen-bond donors (Lipinski definition) is 1. The van der Waals surface area contributed by atoms with E-state index in [4.69, 9.17) is 9.47 Å². The number of nitrogens with zero attached hydrogens (tertiary/aromatic N) is 2. The zero-order chi connectivity index (χ0) is 13.9. The molecule has 0 aromatic carbocycles. The van der Waals surface area contributed by atoms with Gasteiger partial charge in [0.15, 0.2) is 0 Å². The summed E-state index contributed by atoms with van der Waals surface area (Å²) in [7, 11) is 3.75. The molecule has 0 spiro atoms. The van der Waals surface area contributed by atoms with Crippen LogP contribution in [0, 0.1) is 0 Å². The minimum Gasteiger partial charge on any atom is -0.382 e. The molecule has 0 atom stereocenters. The van der Waals surface area contributed by atoms with Crippen molar-refractivity contribution in [2.24, 2.45) is 0 Å². The second-order valence-corrected chi connectivity index (χ2v) is 4.82. The Morgan fingerprint density at radius 1 is 1.16 bits per heavy atom. The predicted molar refractivity (Wildman–Crippen MR) is 74.3 cm³/mol. The Bertz CT molecular complexity index is 243. The van der Waals surface area contributed by atoms with E-state index in [1.165, 1.54) is 0 Å². The molecule has 1 amide bonds. The fraction of sp³-hybridized carbons (Fsp3) is 0.923. The molecular formula is C13H27N3O3. The number of likely N-dealkylation sites (N-methyl/N-ethyl adjacent to an activating group) is 1. The zero-order valence-electron chi connectivity index (χ0n) is 12.2. The molecule has 112 valence electrons. The van der Waals surface area contributed by atoms with E-state index in [1.807, 2.05) is 4.90 Å². The van der Waals surface area contributed by atoms with Gasteiger partial charge in [0.2, 0.25) is 5.91 Å². The lowest BCUT2D eigenvalue weighted by Crippen LogP contribution is -2.49. The molecule has 0 aliphatic carbocycles. The summed E-state index contributed by atoms with van der Waals surface area (Å²) in [6, 6.07) is 0. The van der Waals surface area contributed by atoms with E-state index < -0.39 is 0 Å². The molecule has 1 heterocycles. The maximum atomic E-state index is 11.9. The lowest BCUT2D eigenvalue weighted by atomic mass is 10.3. The number of hydrogen-bond acceptors (Lipinski definition) is 5. The zero-order valence-corrected chi connectivity index (χ0v) is 12.2. The summed E-state index contributed by atoms with van der Waals surface area (Å²) >= 11 is 0. The van der Waals surface area contributed by atoms with Gasteiger partial charge in [-0.2, -0.15) is 0 Å². The van der Waals surface area contributed by atoms with Gasteiger partial charge in [0.25, 0.3) is 0 Å². The van der Waals surface area contributed by atoms with Crippen LogP contribution in [0.4, 0.5) is 0 Å². The molecule has 1 aliphatic rings. The van der Waals surface area contributed by atoms with Crippen LogP contribution in [0.5, 0.6) is 0 Å². The highest BCUT2D eigenvalue weighted by atomic mass is 16.5. The van der Waals surface area contributed by atoms with Gasteiger partial charge in [-0.1, -0.05) is 0 Å². The Balaban J connectivity index is 1.93. The number of methoxy groups -OCH3 is 1. The first-order chi connectivity index (χ1) is 9.24. The molecule has 0 aromatic rings. The molecule has 0 aromatic heterocycles. The highest BCUT2D eigenvalue weighted by Crippen LogP contribution is 1.98. The fourth-order valence-corrected chi connectivity index (χ4v) is 1.91. The predicted octanol–water partition coefficient (Wildman–Crippen LogP) is -0.597. The summed E-state index contributed by atoms with van der Waals surface area (Å²) in [6.07, 6.45) is 0.916. The molecule has 0 saturated carbocycles. The summed E-state index contributed by atoms with van der Waals surface area (Å²) in [4.78, 5) is 16.1. The standard InChI is InChI=1S/C13H27N3O3/c1-15-5-7-16(8-6-15)13(17)12-14-4-3-9-19-11-10-18-2/h14H,3-12H2,1-2H3. The lowest BCUT2D eigenvalue weighted by molar-refractivity contribution is -0.131. The Labute approximate surface area is 116 Å². The van der Waals surface area contributed by atoms with Crippen molar-refractivity contribution in [1.82, 2.24) is 15.1 Å². The third-order valence-corrected chi connectivity index (χ3v) is 3.21. The molecular weight excluding hydrogens is 246 g/mol. The first-order valence-electron chi connectivity index (χ1n) is 6.97. The molecule has 19 heavy (non-hydrogen) atoms. The molecule has 1 aliphatic heterocycles. The van der Waals surface area contributed by atoms with Crippen LogP contribution in [0.15, 0.2) is 0 Å². The monoisotopic (exact) mass is 273 g/mol. The van der Waals surface area contributed by atoms with Crippen LogP contribution < -0.4 is 5.32 Å². The highest BCUT2D eigenvalue weighted by molar-refractivity contribution is 5.78. The molecule has 1 fully saturated rings. The minimum atomic E-state index is 0.202. The van der Waals surface area contributed by atoms with Crippen molar-refractivity contribution >= 4 is 5.91 Å². The van der Waals surface area contributed by atoms with Gasteiger partial charge in [-0.05, 0) is 20.0 Å². The largest absolute Gasteiger partial charge is 0.382 e. The van der Waals surface area contributed by atoms with Gasteiger partial charge in [-0.15, -0.1) is 0 Å². The van der Waals surface area contributed by atoms with Gasteiger partial charge in [0.1, 0.15) is 0 Å². The summed E-state index contributed by atoms with van der Waals surface area (Å²) < 4.78 is 10.2. The van der Waals surface area contributed by atoms with Gasteiger partial charge in [-0.25, -0.2) is 0 Å². The topological polar surface area (TPSA) is 54.0 Å². The van der Waals surface area contributed by atoms with E-state index in [9.17, 15) is 4.79 Å². The summed E-state index contributed by atoms with van der Waals surface area (Å²) in [6.45, 7) is 6.85. The molecule has 0 unspecified atom stereocenters. The molecule has 1 rings (SSSR count). The minimum absolute atomic E-state index is 0.202. The average molecular weight is 273 g/mol. The van der Waals surface area contributed by atoms with Crippen molar-refractivity contribution in [3.8, 4) is 0 Å². The number of rotatable bonds is 9. The van der Waals surface area contributed by atoms with Crippen molar-refractivity contribution in [2.75, 3.05) is 73.2 Å². The van der Waals surface area contributed by atoms with E-state index in [-0.39, 0.29) is 5.91 Å². The molecule has 6 heteroatoms. The molecule has 1 N–H and O–H groups in total. The number of nitrogens with one attached hydrogen (secondary N) is 1. The highest BCUT2D eigenvalue weighted by Gasteiger charge is 2.17. The Kier molecular flexibility index (Phi) is 8.73. The van der Waals surface area contributed by atoms with Crippen LogP contribution in [0.1, 0.15) is 6.42 Å². The maximum Gasteiger partial charge on any atom is 0.236 e. The number of ether oxygens (including phenoxy) is 2. The Morgan fingerprint density at radius 2 is 1.89 bits per heavy atom. The number of amides is 1. The Hall–Kier alpha value is -0.690. The van der Waals surface area contributed by atoms with E-state index in [2.05, 4.69) is 17.3 Å². The first kappa shape index (κ1) is 16.4. The van der Waals surface area contributed by atoms with E-state index in [1.54, 1.807) is 7.11 Å². The van der Waals surface area contributed by atoms with Crippen molar-refractivity contribution in [1.29, 1.82) is 0 Å². The fourth-order valence-electron chi connectivity index (χ4n) is 1.91. The average Bonchev–Trinajstić information content (AvgIpc) is 2.42. The van der Waals surface area contributed by atoms with Gasteiger partial charge < -0.3 is 24.6 Å². The van der Waals surface area contributed by atoms with Crippen LogP contribution in [0.25, 0.3) is 0 Å². The Morgan fingerprint density at radius 3 is 2.58 bits per heavy atom. The normalized spacial score (nSPS) is 16.8. The lowest BCUT2D eigenvalue weighted by Gasteiger charge is -2.32. The molecule has 6 nitrogen and oxygen atoms in total. The second-order valence-electron chi connectivity index (χ2n) is 4.82. The van der Waals surface area contributed by atoms with Crippen LogP contribution >= 0.6 is 0 Å². The summed E-state index contributed by atoms with van der Waals surface area (Å²) in [5.41, 5.74) is 0. The van der Waals surface area contributed by atoms with Crippen molar-refractivity contribution in [3.05, 3.63) is 0 Å². The van der Waals surface area contributed by atoms with Crippen LogP contribution in [0.2, 0.25) is 0 Å². The third-order valence-electron chi connectivity index (χ3n) is 3.21. The number of piperazine rings is 1. The smallest absolute Gasteiger partial charge is 0.236 e. The number of carbonyl (C=O) groups is 1. The van der Waals surface area contributed by atoms with Gasteiger partial charge >= 0.3 is 0 Å². The van der Waals surface area contributed by atoms with Crippen LogP contribution in [-0.4, -0.2) is 89.0 Å². The summed E-state index contributed by atoms with van der Waals surface area (Å²) in [5.74, 6) is 0.202. The molecule has 1 saturated heterocycles. The summed E-state index contributed by atoms with van der Waals surface area (Å²) in [5, 5.41) is 3.17. The molecule has 0 radical (unpaired) electrons. The second kappa shape index (κ2) is 10.1. The van der Waals surface area contributed by atoms with Gasteiger partial charge in [-0.3, -0.25) is 4.79 Å². The quantitative estimate of drug-likeness (QED) is 0.569. The van der Waals surface area contributed by atoms with Crippen LogP contribution in [0.3, 0.4) is 0 Å². The van der Waals surface area contributed by atoms with E-state index >= 15 is 0 Å². The van der Waals surface area contributed by atoms with E-state index in [0.29, 0.717) is 26.4 Å². The van der Waals surface area contributed by atoms with Gasteiger partial charge in [0, 0.05) is 39.9 Å². The maximum absolute atomic E-state index is 11.9.